The van der Waals surface area contributed by atoms with E-state index >= 15 is 0 Å². The van der Waals surface area contributed by atoms with Crippen molar-refractivity contribution in [2.24, 2.45) is 5.73 Å². The van der Waals surface area contributed by atoms with Gasteiger partial charge in [0.25, 0.3) is 5.91 Å². The highest BCUT2D eigenvalue weighted by molar-refractivity contribution is 5.91. The predicted molar refractivity (Wildman–Crippen MR) is 92.1 cm³/mol. The molecule has 24 heavy (non-hydrogen) atoms. The minimum absolute atomic E-state index is 0.149. The SMILES string of the molecule is Cc1ccc(OCCCN(C)C(=O)c2cn(CCN)nn2)cc1C. The molecule has 1 heterocycles. The van der Waals surface area contributed by atoms with E-state index in [0.717, 1.165) is 12.2 Å². The molecular formula is C17H25N5O2. The summed E-state index contributed by atoms with van der Waals surface area (Å²) in [4.78, 5) is 13.9. The number of aromatic nitrogens is 3. The fourth-order valence-corrected chi connectivity index (χ4v) is 2.23. The molecule has 2 rings (SSSR count). The maximum absolute atomic E-state index is 12.2. The summed E-state index contributed by atoms with van der Waals surface area (Å²) in [5.74, 6) is 0.709. The van der Waals surface area contributed by atoms with Crippen LogP contribution in [0.2, 0.25) is 0 Å². The number of carbonyl (C=O) groups excluding carboxylic acids is 1. The summed E-state index contributed by atoms with van der Waals surface area (Å²) >= 11 is 0. The van der Waals surface area contributed by atoms with Crippen LogP contribution in [-0.4, -0.2) is 52.5 Å². The van der Waals surface area contributed by atoms with Gasteiger partial charge in [0.1, 0.15) is 5.75 Å². The van der Waals surface area contributed by atoms with Crippen molar-refractivity contribution in [2.45, 2.75) is 26.8 Å². The number of rotatable bonds is 8. The molecule has 1 aromatic carbocycles. The standard InChI is InChI=1S/C17H25N5O2/c1-13-5-6-15(11-14(13)2)24-10-4-8-21(3)17(23)16-12-22(9-7-18)20-19-16/h5-6,11-12H,4,7-10,18H2,1-3H3. The first kappa shape index (κ1) is 17.9. The quantitative estimate of drug-likeness (QED) is 0.739. The van der Waals surface area contributed by atoms with Crippen LogP contribution in [0, 0.1) is 13.8 Å². The van der Waals surface area contributed by atoms with Gasteiger partial charge in [0.2, 0.25) is 0 Å². The minimum atomic E-state index is -0.149. The molecule has 0 saturated carbocycles. The molecule has 0 aliphatic rings. The summed E-state index contributed by atoms with van der Waals surface area (Å²) in [6, 6.07) is 6.04. The van der Waals surface area contributed by atoms with Crippen molar-refractivity contribution in [1.82, 2.24) is 19.9 Å². The summed E-state index contributed by atoms with van der Waals surface area (Å²) in [5.41, 5.74) is 8.24. The Hall–Kier alpha value is -2.41. The molecule has 0 atom stereocenters. The molecule has 0 unspecified atom stereocenters. The van der Waals surface area contributed by atoms with E-state index in [2.05, 4.69) is 24.2 Å². The van der Waals surface area contributed by atoms with Crippen molar-refractivity contribution < 1.29 is 9.53 Å². The highest BCUT2D eigenvalue weighted by Gasteiger charge is 2.15. The van der Waals surface area contributed by atoms with Gasteiger partial charge in [0.05, 0.1) is 19.3 Å². The fourth-order valence-electron chi connectivity index (χ4n) is 2.23. The number of ether oxygens (including phenoxy) is 1. The van der Waals surface area contributed by atoms with E-state index in [0.29, 0.717) is 31.9 Å². The molecule has 0 radical (unpaired) electrons. The highest BCUT2D eigenvalue weighted by Crippen LogP contribution is 2.16. The first-order valence-electron chi connectivity index (χ1n) is 8.07. The maximum atomic E-state index is 12.2. The molecular weight excluding hydrogens is 306 g/mol. The van der Waals surface area contributed by atoms with Gasteiger partial charge in [-0.05, 0) is 43.5 Å². The number of aryl methyl sites for hydroxylation is 2. The third kappa shape index (κ3) is 4.79. The van der Waals surface area contributed by atoms with Gasteiger partial charge in [0, 0.05) is 20.1 Å². The zero-order valence-electron chi connectivity index (χ0n) is 14.5. The minimum Gasteiger partial charge on any atom is -0.494 e. The molecule has 130 valence electrons. The van der Waals surface area contributed by atoms with E-state index in [1.807, 2.05) is 18.2 Å². The third-order valence-corrected chi connectivity index (χ3v) is 3.85. The molecule has 1 amide bonds. The second kappa shape index (κ2) is 8.44. The summed E-state index contributed by atoms with van der Waals surface area (Å²) in [7, 11) is 1.75. The fraction of sp³-hybridized carbons (Fsp3) is 0.471. The summed E-state index contributed by atoms with van der Waals surface area (Å²) in [6.45, 7) is 6.29. The van der Waals surface area contributed by atoms with Crippen LogP contribution in [0.5, 0.6) is 5.75 Å². The van der Waals surface area contributed by atoms with Crippen LogP contribution in [0.15, 0.2) is 24.4 Å². The van der Waals surface area contributed by atoms with Gasteiger partial charge in [-0.15, -0.1) is 5.10 Å². The Labute approximate surface area is 142 Å². The van der Waals surface area contributed by atoms with Gasteiger partial charge >= 0.3 is 0 Å². The molecule has 2 N–H and O–H groups in total. The van der Waals surface area contributed by atoms with Crippen LogP contribution in [0.3, 0.4) is 0 Å². The number of benzene rings is 1. The Bertz CT molecular complexity index is 683. The Balaban J connectivity index is 1.76. The zero-order valence-corrected chi connectivity index (χ0v) is 14.5. The largest absolute Gasteiger partial charge is 0.494 e. The lowest BCUT2D eigenvalue weighted by atomic mass is 10.1. The molecule has 0 bridgehead atoms. The zero-order chi connectivity index (χ0) is 17.5. The second-order valence-electron chi connectivity index (χ2n) is 5.83. The Kier molecular flexibility index (Phi) is 6.31. The molecule has 2 aromatic rings. The lowest BCUT2D eigenvalue weighted by Crippen LogP contribution is -2.29. The Morgan fingerprint density at radius 2 is 2.12 bits per heavy atom. The average Bonchev–Trinajstić information content (AvgIpc) is 3.03. The van der Waals surface area contributed by atoms with Crippen LogP contribution in [-0.2, 0) is 6.54 Å². The van der Waals surface area contributed by atoms with Crippen molar-refractivity contribution in [3.63, 3.8) is 0 Å². The number of nitrogens with zero attached hydrogens (tertiary/aromatic N) is 4. The van der Waals surface area contributed by atoms with Gasteiger partial charge in [-0.2, -0.15) is 0 Å². The number of carbonyl (C=O) groups is 1. The topological polar surface area (TPSA) is 86.3 Å². The normalized spacial score (nSPS) is 10.7. The van der Waals surface area contributed by atoms with Crippen LogP contribution < -0.4 is 10.5 Å². The number of nitrogens with two attached hydrogens (primary N) is 1. The first-order valence-corrected chi connectivity index (χ1v) is 8.07. The number of amides is 1. The van der Waals surface area contributed by atoms with E-state index in [4.69, 9.17) is 10.5 Å². The molecule has 1 aromatic heterocycles. The molecule has 0 aliphatic carbocycles. The van der Waals surface area contributed by atoms with Crippen LogP contribution in [0.1, 0.15) is 28.0 Å². The van der Waals surface area contributed by atoms with Crippen molar-refractivity contribution in [3.05, 3.63) is 41.2 Å². The summed E-state index contributed by atoms with van der Waals surface area (Å²) < 4.78 is 7.30. The molecule has 0 spiro atoms. The van der Waals surface area contributed by atoms with Gasteiger partial charge in [0.15, 0.2) is 5.69 Å². The summed E-state index contributed by atoms with van der Waals surface area (Å²) in [5, 5.41) is 7.76. The maximum Gasteiger partial charge on any atom is 0.275 e. The Morgan fingerprint density at radius 3 is 2.83 bits per heavy atom. The van der Waals surface area contributed by atoms with E-state index in [1.165, 1.54) is 11.1 Å². The smallest absolute Gasteiger partial charge is 0.275 e. The van der Waals surface area contributed by atoms with Crippen molar-refractivity contribution >= 4 is 5.91 Å². The van der Waals surface area contributed by atoms with Gasteiger partial charge < -0.3 is 15.4 Å². The third-order valence-electron chi connectivity index (χ3n) is 3.85. The average molecular weight is 331 g/mol. The van der Waals surface area contributed by atoms with E-state index in [1.54, 1.807) is 22.8 Å². The lowest BCUT2D eigenvalue weighted by Gasteiger charge is -2.16. The molecule has 7 nitrogen and oxygen atoms in total. The van der Waals surface area contributed by atoms with Crippen LogP contribution in [0.25, 0.3) is 0 Å². The van der Waals surface area contributed by atoms with Crippen molar-refractivity contribution in [3.8, 4) is 5.75 Å². The molecule has 0 saturated heterocycles. The summed E-state index contributed by atoms with van der Waals surface area (Å²) in [6.07, 6.45) is 2.36. The predicted octanol–water partition coefficient (Wildman–Crippen LogP) is 1.39. The number of hydrogen-bond acceptors (Lipinski definition) is 5. The lowest BCUT2D eigenvalue weighted by molar-refractivity contribution is 0.0782. The second-order valence-corrected chi connectivity index (χ2v) is 5.83. The highest BCUT2D eigenvalue weighted by atomic mass is 16.5. The molecule has 7 heteroatoms. The van der Waals surface area contributed by atoms with Gasteiger partial charge in [-0.1, -0.05) is 11.3 Å². The van der Waals surface area contributed by atoms with Crippen molar-refractivity contribution in [1.29, 1.82) is 0 Å². The van der Waals surface area contributed by atoms with E-state index in [-0.39, 0.29) is 5.91 Å². The monoisotopic (exact) mass is 331 g/mol. The molecule has 0 fully saturated rings. The first-order chi connectivity index (χ1) is 11.5. The van der Waals surface area contributed by atoms with Crippen molar-refractivity contribution in [2.75, 3.05) is 26.7 Å². The Morgan fingerprint density at radius 1 is 1.33 bits per heavy atom. The molecule has 0 aliphatic heterocycles. The van der Waals surface area contributed by atoms with Gasteiger partial charge in [-0.3, -0.25) is 9.48 Å². The van der Waals surface area contributed by atoms with E-state index < -0.39 is 0 Å². The number of hydrogen-bond donors (Lipinski definition) is 1. The van der Waals surface area contributed by atoms with Gasteiger partial charge in [-0.25, -0.2) is 0 Å². The van der Waals surface area contributed by atoms with E-state index in [9.17, 15) is 4.79 Å². The van der Waals surface area contributed by atoms with Crippen LogP contribution in [0.4, 0.5) is 0 Å². The van der Waals surface area contributed by atoms with Crippen LogP contribution >= 0.6 is 0 Å².